The van der Waals surface area contributed by atoms with Gasteiger partial charge in [-0.1, -0.05) is 50.2 Å². The van der Waals surface area contributed by atoms with Gasteiger partial charge in [0.05, 0.1) is 60.1 Å². The molecule has 0 fully saturated rings. The zero-order valence-corrected chi connectivity index (χ0v) is 22.8. The number of fused-ring (bicyclic) bond motifs is 6. The Morgan fingerprint density at radius 2 is 1.02 bits per heavy atom. The average molecular weight is 525 g/mol. The zero-order chi connectivity index (χ0) is 27.8. The molecule has 0 aliphatic heterocycles. The zero-order valence-electron chi connectivity index (χ0n) is 22.8. The van der Waals surface area contributed by atoms with Gasteiger partial charge < -0.3 is 18.6 Å². The van der Waals surface area contributed by atoms with Crippen molar-refractivity contribution in [2.24, 2.45) is 0 Å². The molecule has 40 heavy (non-hydrogen) atoms. The third kappa shape index (κ3) is 3.67. The second-order valence-electron chi connectivity index (χ2n) is 9.14. The van der Waals surface area contributed by atoms with Crippen LogP contribution in [0.5, 0.6) is 11.5 Å². The number of rotatable bonds is 4. The van der Waals surface area contributed by atoms with E-state index in [1.165, 1.54) is 0 Å². The molecule has 0 saturated heterocycles. The molecule has 7 rings (SSSR count). The summed E-state index contributed by atoms with van der Waals surface area (Å²) < 4.78 is 15.3. The summed E-state index contributed by atoms with van der Waals surface area (Å²) in [6.07, 6.45) is 3.55. The van der Waals surface area contributed by atoms with Crippen molar-refractivity contribution in [2.45, 2.75) is 13.8 Å². The number of para-hydroxylation sites is 2. The van der Waals surface area contributed by atoms with Gasteiger partial charge in [0.1, 0.15) is 23.1 Å². The molecular weight excluding hydrogens is 496 g/mol. The number of hydrogen-bond donors (Lipinski definition) is 0. The van der Waals surface area contributed by atoms with Gasteiger partial charge in [-0.2, -0.15) is 5.26 Å². The Balaban J connectivity index is 0.00000142. The second kappa shape index (κ2) is 10.1. The van der Waals surface area contributed by atoms with Crippen molar-refractivity contribution in [3.63, 3.8) is 0 Å². The van der Waals surface area contributed by atoms with Crippen molar-refractivity contribution in [1.82, 2.24) is 14.1 Å². The van der Waals surface area contributed by atoms with E-state index < -0.39 is 0 Å². The number of nitriles is 1. The van der Waals surface area contributed by atoms with Crippen LogP contribution in [0.15, 0.2) is 97.3 Å². The maximum atomic E-state index is 10.6. The smallest absolute Gasteiger partial charge is 0.119 e. The van der Waals surface area contributed by atoms with Gasteiger partial charge in [-0.25, -0.2) is 0 Å². The molecule has 0 atom stereocenters. The fraction of sp³-hybridized carbons (Fsp3) is 0.118. The van der Waals surface area contributed by atoms with Crippen molar-refractivity contribution < 1.29 is 9.47 Å². The van der Waals surface area contributed by atoms with Crippen molar-refractivity contribution in [2.75, 3.05) is 14.2 Å². The van der Waals surface area contributed by atoms with Crippen LogP contribution in [-0.4, -0.2) is 28.3 Å². The van der Waals surface area contributed by atoms with E-state index in [1.54, 1.807) is 26.6 Å². The molecule has 6 nitrogen and oxygen atoms in total. The summed E-state index contributed by atoms with van der Waals surface area (Å²) >= 11 is 0. The van der Waals surface area contributed by atoms with Crippen molar-refractivity contribution >= 4 is 43.6 Å². The van der Waals surface area contributed by atoms with Crippen LogP contribution in [0.1, 0.15) is 19.4 Å². The second-order valence-corrected chi connectivity index (χ2v) is 9.14. The van der Waals surface area contributed by atoms with Crippen molar-refractivity contribution in [1.29, 1.82) is 5.26 Å². The monoisotopic (exact) mass is 524 g/mol. The van der Waals surface area contributed by atoms with Crippen LogP contribution < -0.4 is 9.47 Å². The molecule has 0 N–H and O–H groups in total. The highest BCUT2D eigenvalue weighted by Crippen LogP contribution is 2.38. The third-order valence-electron chi connectivity index (χ3n) is 7.26. The molecule has 4 aromatic carbocycles. The summed E-state index contributed by atoms with van der Waals surface area (Å²) in [5.41, 5.74) is 5.94. The Morgan fingerprint density at radius 1 is 0.600 bits per heavy atom. The highest BCUT2D eigenvalue weighted by molar-refractivity contribution is 6.11. The minimum Gasteiger partial charge on any atom is -0.497 e. The highest BCUT2D eigenvalue weighted by atomic mass is 16.5. The Morgan fingerprint density at radius 3 is 1.45 bits per heavy atom. The van der Waals surface area contributed by atoms with E-state index in [1.807, 2.05) is 74.5 Å². The van der Waals surface area contributed by atoms with Crippen LogP contribution in [-0.2, 0) is 0 Å². The maximum Gasteiger partial charge on any atom is 0.119 e. The van der Waals surface area contributed by atoms with Gasteiger partial charge in [-0.05, 0) is 48.5 Å². The first kappa shape index (κ1) is 25.0. The van der Waals surface area contributed by atoms with Gasteiger partial charge >= 0.3 is 0 Å². The van der Waals surface area contributed by atoms with E-state index >= 15 is 0 Å². The quantitative estimate of drug-likeness (QED) is 0.233. The van der Waals surface area contributed by atoms with Crippen LogP contribution >= 0.6 is 0 Å². The molecule has 0 unspecified atom stereocenters. The minimum atomic E-state index is 0.539. The summed E-state index contributed by atoms with van der Waals surface area (Å²) in [6.45, 7) is 4.00. The van der Waals surface area contributed by atoms with Gasteiger partial charge in [-0.3, -0.25) is 4.98 Å². The molecule has 0 aliphatic rings. The molecule has 6 heteroatoms. The number of methoxy groups -OCH3 is 2. The Kier molecular flexibility index (Phi) is 6.33. The third-order valence-corrected chi connectivity index (χ3v) is 7.26. The molecule has 3 heterocycles. The predicted molar refractivity (Wildman–Crippen MR) is 162 cm³/mol. The highest BCUT2D eigenvalue weighted by Gasteiger charge is 2.21. The van der Waals surface area contributed by atoms with Crippen molar-refractivity contribution in [3.05, 3.63) is 103 Å². The average Bonchev–Trinajstić information content (AvgIpc) is 3.53. The number of hydrogen-bond acceptors (Lipinski definition) is 4. The number of benzene rings is 4. The lowest BCUT2D eigenvalue weighted by atomic mass is 10.1. The minimum absolute atomic E-state index is 0.539. The standard InChI is InChI=1S/C32H22N4O2.C2H6/c1-37-20-11-13-29-24(15-20)22-7-3-5-9-27(22)35(29)31-18-34-19-32(26(31)17-33)36-28-10-6-4-8-23(28)25-16-21(38-2)12-14-30(25)36;1-2/h3-16,18-19H,1-2H3;1-2H3. The summed E-state index contributed by atoms with van der Waals surface area (Å²) in [5, 5.41) is 14.9. The van der Waals surface area contributed by atoms with Gasteiger partial charge in [0.25, 0.3) is 0 Å². The van der Waals surface area contributed by atoms with Gasteiger partial charge in [0.2, 0.25) is 0 Å². The van der Waals surface area contributed by atoms with E-state index in [9.17, 15) is 5.26 Å². The van der Waals surface area contributed by atoms with Crippen LogP contribution in [0, 0.1) is 11.3 Å². The van der Waals surface area contributed by atoms with Gasteiger partial charge in [-0.15, -0.1) is 0 Å². The predicted octanol–water partition coefficient (Wildman–Crippen LogP) is 8.19. The largest absolute Gasteiger partial charge is 0.497 e. The normalized spacial score (nSPS) is 11.0. The first-order valence-corrected chi connectivity index (χ1v) is 13.3. The summed E-state index contributed by atoms with van der Waals surface area (Å²) in [4.78, 5) is 4.66. The number of ether oxygens (including phenoxy) is 2. The van der Waals surface area contributed by atoms with Crippen LogP contribution in [0.2, 0.25) is 0 Å². The maximum absolute atomic E-state index is 10.6. The van der Waals surface area contributed by atoms with Crippen LogP contribution in [0.25, 0.3) is 55.0 Å². The molecule has 0 aliphatic carbocycles. The number of pyridine rings is 1. The summed E-state index contributed by atoms with van der Waals surface area (Å²) in [6, 6.07) is 31.0. The molecule has 0 amide bonds. The molecule has 0 spiro atoms. The molecule has 3 aromatic heterocycles. The summed E-state index contributed by atoms with van der Waals surface area (Å²) in [5.74, 6) is 1.57. The van der Waals surface area contributed by atoms with Crippen LogP contribution in [0.4, 0.5) is 0 Å². The molecule has 0 radical (unpaired) electrons. The molecular formula is C34H28N4O2. The fourth-order valence-corrected chi connectivity index (χ4v) is 5.57. The van der Waals surface area contributed by atoms with E-state index in [4.69, 9.17) is 9.47 Å². The number of aromatic nitrogens is 3. The Labute approximate surface area is 232 Å². The Hall–Kier alpha value is -5.28. The van der Waals surface area contributed by atoms with E-state index in [0.29, 0.717) is 5.56 Å². The van der Waals surface area contributed by atoms with E-state index in [-0.39, 0.29) is 0 Å². The van der Waals surface area contributed by atoms with E-state index in [2.05, 4.69) is 44.5 Å². The van der Waals surface area contributed by atoms with Crippen molar-refractivity contribution in [3.8, 4) is 28.9 Å². The lowest BCUT2D eigenvalue weighted by Crippen LogP contribution is -2.05. The molecule has 0 bridgehead atoms. The van der Waals surface area contributed by atoms with E-state index in [0.717, 1.165) is 66.5 Å². The lowest BCUT2D eigenvalue weighted by molar-refractivity contribution is 0.415. The van der Waals surface area contributed by atoms with Gasteiger partial charge in [0.15, 0.2) is 0 Å². The molecule has 0 saturated carbocycles. The SMILES string of the molecule is CC.COc1ccc2c(c1)c1ccccc1n2-c1cncc(-n2c3ccccc3c3cc(OC)ccc32)c1C#N. The Bertz CT molecular complexity index is 1940. The molecule has 7 aromatic rings. The fourth-order valence-electron chi connectivity index (χ4n) is 5.57. The summed E-state index contributed by atoms with van der Waals surface area (Å²) in [7, 11) is 3.34. The first-order valence-electron chi connectivity index (χ1n) is 13.3. The lowest BCUT2D eigenvalue weighted by Gasteiger charge is -2.15. The molecule has 196 valence electrons. The first-order chi connectivity index (χ1) is 19.7. The van der Waals surface area contributed by atoms with Gasteiger partial charge in [0, 0.05) is 21.5 Å². The van der Waals surface area contributed by atoms with Crippen LogP contribution in [0.3, 0.4) is 0 Å². The number of nitrogens with zero attached hydrogens (tertiary/aromatic N) is 4. The topological polar surface area (TPSA) is 65.0 Å².